The number of rotatable bonds is 7. The van der Waals surface area contributed by atoms with Crippen LogP contribution in [-0.4, -0.2) is 0 Å². The minimum absolute atomic E-state index is 0.832. The van der Waals surface area contributed by atoms with E-state index in [0.717, 1.165) is 116 Å². The average molecular weight is 907 g/mol. The van der Waals surface area contributed by atoms with Gasteiger partial charge in [-0.25, -0.2) is 0 Å². The summed E-state index contributed by atoms with van der Waals surface area (Å²) in [5, 5.41) is 11.3. The van der Waals surface area contributed by atoms with Gasteiger partial charge in [0.05, 0.1) is 16.1 Å². The third-order valence-electron chi connectivity index (χ3n) is 13.5. The molecule has 4 nitrogen and oxygen atoms in total. The van der Waals surface area contributed by atoms with Crippen molar-refractivity contribution in [2.45, 2.75) is 4.90 Å². The van der Waals surface area contributed by atoms with Gasteiger partial charge in [-0.3, -0.25) is 0 Å². The Labute approximate surface area is 400 Å². The summed E-state index contributed by atoms with van der Waals surface area (Å²) >= 11 is 7.02. The lowest BCUT2D eigenvalue weighted by Gasteiger charge is -2.28. The molecule has 0 saturated heterocycles. The first-order chi connectivity index (χ1) is 33.6. The summed E-state index contributed by atoms with van der Waals surface area (Å²) in [5.41, 5.74) is 12.0. The van der Waals surface area contributed by atoms with E-state index in [2.05, 4.69) is 216 Å². The Morgan fingerprint density at radius 1 is 0.353 bits per heavy atom. The first kappa shape index (κ1) is 38.9. The van der Waals surface area contributed by atoms with Gasteiger partial charge in [0.15, 0.2) is 0 Å². The number of thiophene rings is 1. The third-order valence-corrected chi connectivity index (χ3v) is 15.1. The molecular formula is C62H38N2O2S2. The SMILES string of the molecule is Sc1c(-c2ccccc2)cccc1N(c1ccccc1)c1ccc2cc3c(cc2c1)oc1ccc2oc4cc5cc(N(c6ccccc6)c6cccc7c6sc6ccccc67)ccc5cc4c2c13. The van der Waals surface area contributed by atoms with Crippen molar-refractivity contribution < 1.29 is 8.83 Å². The first-order valence-corrected chi connectivity index (χ1v) is 24.0. The maximum absolute atomic E-state index is 6.74. The van der Waals surface area contributed by atoms with E-state index in [1.807, 2.05) is 29.5 Å². The van der Waals surface area contributed by atoms with Crippen LogP contribution in [0, 0.1) is 0 Å². The fourth-order valence-corrected chi connectivity index (χ4v) is 11.9. The molecule has 0 aliphatic carbocycles. The van der Waals surface area contributed by atoms with E-state index in [9.17, 15) is 0 Å². The molecule has 0 N–H and O–H groups in total. The second-order valence-corrected chi connectivity index (χ2v) is 18.9. The average Bonchev–Trinajstić information content (AvgIpc) is 4.07. The monoisotopic (exact) mass is 906 g/mol. The van der Waals surface area contributed by atoms with Gasteiger partial charge in [-0.2, -0.15) is 0 Å². The van der Waals surface area contributed by atoms with Crippen LogP contribution in [0.25, 0.3) is 96.7 Å². The summed E-state index contributed by atoms with van der Waals surface area (Å²) in [5.74, 6) is 0. The summed E-state index contributed by atoms with van der Waals surface area (Å²) in [7, 11) is 0. The molecular weight excluding hydrogens is 869 g/mol. The molecule has 320 valence electrons. The molecule has 14 aromatic rings. The molecule has 0 spiro atoms. The van der Waals surface area contributed by atoms with Crippen molar-refractivity contribution in [2.75, 3.05) is 9.80 Å². The molecule has 6 heteroatoms. The summed E-state index contributed by atoms with van der Waals surface area (Å²) in [6, 6.07) is 79.8. The smallest absolute Gasteiger partial charge is 0.136 e. The number of fused-ring (bicyclic) bond motifs is 12. The Bertz CT molecular complexity index is 4290. The van der Waals surface area contributed by atoms with Crippen LogP contribution in [0.5, 0.6) is 0 Å². The minimum Gasteiger partial charge on any atom is -0.456 e. The molecule has 0 radical (unpaired) electrons. The number of thiol groups is 1. The van der Waals surface area contributed by atoms with Gasteiger partial charge in [-0.15, -0.1) is 24.0 Å². The van der Waals surface area contributed by atoms with Crippen molar-refractivity contribution in [3.8, 4) is 11.1 Å². The van der Waals surface area contributed by atoms with Gasteiger partial charge in [0.1, 0.15) is 22.3 Å². The zero-order chi connectivity index (χ0) is 44.9. The Kier molecular flexibility index (Phi) is 8.81. The van der Waals surface area contributed by atoms with Gasteiger partial charge in [0.2, 0.25) is 0 Å². The fourth-order valence-electron chi connectivity index (χ4n) is 10.4. The van der Waals surface area contributed by atoms with Gasteiger partial charge < -0.3 is 18.6 Å². The Balaban J connectivity index is 0.893. The third kappa shape index (κ3) is 6.15. The van der Waals surface area contributed by atoms with E-state index in [4.69, 9.17) is 21.5 Å². The van der Waals surface area contributed by atoms with Crippen molar-refractivity contribution in [1.29, 1.82) is 0 Å². The molecule has 14 rings (SSSR count). The summed E-state index contributed by atoms with van der Waals surface area (Å²) in [4.78, 5) is 5.58. The lowest BCUT2D eigenvalue weighted by Crippen LogP contribution is -2.11. The van der Waals surface area contributed by atoms with Crippen LogP contribution < -0.4 is 9.80 Å². The van der Waals surface area contributed by atoms with Crippen molar-refractivity contribution in [1.82, 2.24) is 0 Å². The maximum atomic E-state index is 6.74. The van der Waals surface area contributed by atoms with Crippen molar-refractivity contribution >= 4 is 144 Å². The zero-order valence-electron chi connectivity index (χ0n) is 36.4. The number of hydrogen-bond donors (Lipinski definition) is 1. The molecule has 3 heterocycles. The first-order valence-electron chi connectivity index (χ1n) is 22.8. The van der Waals surface area contributed by atoms with Crippen LogP contribution in [-0.2, 0) is 0 Å². The number of benzene rings is 11. The van der Waals surface area contributed by atoms with Gasteiger partial charge in [0.25, 0.3) is 0 Å². The summed E-state index contributed by atoms with van der Waals surface area (Å²) in [6.45, 7) is 0. The standard InChI is InChI=1S/C62H38N2O2S2/c67-61-47(38-14-4-1-5-15-38)21-12-23-52(61)63(43-16-6-2-7-17-43)45-28-26-39-34-50-56(36-41(39)32-45)65-54-30-31-55-60(59(50)54)51-35-40-27-29-46(33-42(40)37-57(51)66-55)64(44-18-8-3-9-19-44)53-24-13-22-49-48-20-10-11-25-58(48)68-62(49)53/h1-37,67H. The minimum atomic E-state index is 0.832. The van der Waals surface area contributed by atoms with Crippen LogP contribution in [0.15, 0.2) is 238 Å². The van der Waals surface area contributed by atoms with Crippen LogP contribution >= 0.6 is 24.0 Å². The molecule has 0 bridgehead atoms. The zero-order valence-corrected chi connectivity index (χ0v) is 38.1. The Hall–Kier alpha value is -8.29. The Morgan fingerprint density at radius 2 is 0.868 bits per heavy atom. The van der Waals surface area contributed by atoms with Crippen molar-refractivity contribution in [2.24, 2.45) is 0 Å². The van der Waals surface area contributed by atoms with Crippen molar-refractivity contribution in [3.05, 3.63) is 224 Å². The number of furan rings is 2. The fraction of sp³-hybridized carbons (Fsp3) is 0. The molecule has 0 unspecified atom stereocenters. The molecule has 0 amide bonds. The normalized spacial score (nSPS) is 11.9. The van der Waals surface area contributed by atoms with Gasteiger partial charge >= 0.3 is 0 Å². The molecule has 0 saturated carbocycles. The second kappa shape index (κ2) is 15.4. The highest BCUT2D eigenvalue weighted by Gasteiger charge is 2.22. The molecule has 68 heavy (non-hydrogen) atoms. The molecule has 0 atom stereocenters. The van der Waals surface area contributed by atoms with Gasteiger partial charge in [0, 0.05) is 64.7 Å². The van der Waals surface area contributed by atoms with E-state index < -0.39 is 0 Å². The quantitative estimate of drug-likeness (QED) is 0.162. The number of anilines is 6. The second-order valence-electron chi connectivity index (χ2n) is 17.4. The number of nitrogens with zero attached hydrogens (tertiary/aromatic N) is 2. The molecule has 0 aliphatic heterocycles. The Morgan fingerprint density at radius 3 is 1.49 bits per heavy atom. The summed E-state index contributed by atoms with van der Waals surface area (Å²) < 4.78 is 16.0. The number of para-hydroxylation sites is 2. The van der Waals surface area contributed by atoms with Crippen LogP contribution in [0.3, 0.4) is 0 Å². The molecule has 0 aliphatic rings. The predicted octanol–water partition coefficient (Wildman–Crippen LogP) is 19.1. The highest BCUT2D eigenvalue weighted by Crippen LogP contribution is 2.48. The predicted molar refractivity (Wildman–Crippen MR) is 291 cm³/mol. The largest absolute Gasteiger partial charge is 0.456 e. The van der Waals surface area contributed by atoms with Crippen LogP contribution in [0.4, 0.5) is 34.1 Å². The van der Waals surface area contributed by atoms with E-state index in [1.165, 1.54) is 20.2 Å². The number of hydrogen-bond acceptors (Lipinski definition) is 6. The lowest BCUT2D eigenvalue weighted by atomic mass is 10.00. The lowest BCUT2D eigenvalue weighted by molar-refractivity contribution is 0.663. The highest BCUT2D eigenvalue weighted by atomic mass is 32.1. The molecule has 0 fully saturated rings. The van der Waals surface area contributed by atoms with E-state index in [0.29, 0.717) is 0 Å². The maximum Gasteiger partial charge on any atom is 0.136 e. The van der Waals surface area contributed by atoms with E-state index in [-0.39, 0.29) is 0 Å². The van der Waals surface area contributed by atoms with Crippen LogP contribution in [0.1, 0.15) is 0 Å². The van der Waals surface area contributed by atoms with Gasteiger partial charge in [-0.1, -0.05) is 121 Å². The van der Waals surface area contributed by atoms with Crippen molar-refractivity contribution in [3.63, 3.8) is 0 Å². The van der Waals surface area contributed by atoms with Gasteiger partial charge in [-0.05, 0) is 136 Å². The summed E-state index contributed by atoms with van der Waals surface area (Å²) in [6.07, 6.45) is 0. The topological polar surface area (TPSA) is 32.8 Å². The molecule has 3 aromatic heterocycles. The van der Waals surface area contributed by atoms with E-state index in [1.54, 1.807) is 0 Å². The van der Waals surface area contributed by atoms with Crippen LogP contribution in [0.2, 0.25) is 0 Å². The van der Waals surface area contributed by atoms with E-state index >= 15 is 0 Å². The molecule has 11 aromatic carbocycles. The highest BCUT2D eigenvalue weighted by molar-refractivity contribution is 7.80.